The first-order chi connectivity index (χ1) is 29.1. The van der Waals surface area contributed by atoms with E-state index in [1.807, 2.05) is 94.1 Å². The van der Waals surface area contributed by atoms with E-state index in [4.69, 9.17) is 14.3 Å². The van der Waals surface area contributed by atoms with Gasteiger partial charge in [-0.05, 0) is 60.8 Å². The van der Waals surface area contributed by atoms with E-state index in [-0.39, 0.29) is 85.0 Å². The van der Waals surface area contributed by atoms with Crippen LogP contribution in [0.4, 0.5) is 0 Å². The molecule has 2 aliphatic heterocycles. The van der Waals surface area contributed by atoms with Gasteiger partial charge in [0.25, 0.3) is 0 Å². The predicted octanol–water partition coefficient (Wildman–Crippen LogP) is 6.67. The second-order valence-corrected chi connectivity index (χ2v) is 18.1. The lowest BCUT2D eigenvalue weighted by Crippen LogP contribution is -2.54. The van der Waals surface area contributed by atoms with Crippen LogP contribution in [0.2, 0.25) is 0 Å². The fraction of sp³-hybridized carbons (Fsp3) is 0.653. The highest BCUT2D eigenvalue weighted by molar-refractivity contribution is 5.90. The van der Waals surface area contributed by atoms with Crippen LogP contribution in [0.3, 0.4) is 0 Å². The molecule has 0 spiro atoms. The molecule has 0 saturated carbocycles. The molecule has 0 bridgehead atoms. The Morgan fingerprint density at radius 3 is 2.10 bits per heavy atom. The number of hydrogen-bond acceptors (Lipinski definition) is 9. The third-order valence-corrected chi connectivity index (χ3v) is 13.4. The van der Waals surface area contributed by atoms with Gasteiger partial charge in [0, 0.05) is 52.5 Å². The standard InChI is InChI=1S/C49H74N4O8/c1-12-33(6)46(51(9)49(58)39(31(2)3)27-42(55)45(50-8)32(4)5)43(59-10)28-44(56)52-24-18-23-40(52)47(60-11)34(7)41(54)26-38(25-35-19-14-13-15-20-35)48(57)53-29-36-21-16-17-22-37(36)30-61-53/h13-17,19-22,31-34,38-40,43,45-47,50H,12,18,23-30H2,1-11H3/t33-,34-,38+,39-,40-,43+,45-,46-,47+/m0/s1. The number of hydroxylamine groups is 2. The van der Waals surface area contributed by atoms with Gasteiger partial charge in [0.2, 0.25) is 17.7 Å². The molecule has 4 rings (SSSR count). The third kappa shape index (κ3) is 12.6. The highest BCUT2D eigenvalue weighted by Gasteiger charge is 2.44. The second kappa shape index (κ2) is 23.5. The summed E-state index contributed by atoms with van der Waals surface area (Å²) in [5.74, 6) is -2.39. The van der Waals surface area contributed by atoms with Crippen LogP contribution in [-0.4, -0.2) is 109 Å². The van der Waals surface area contributed by atoms with Crippen LogP contribution in [0.5, 0.6) is 0 Å². The Morgan fingerprint density at radius 1 is 0.852 bits per heavy atom. The first kappa shape index (κ1) is 49.7. The third-order valence-electron chi connectivity index (χ3n) is 13.4. The molecule has 0 aliphatic carbocycles. The summed E-state index contributed by atoms with van der Waals surface area (Å²) in [6.07, 6.45) is 1.47. The molecule has 9 atom stereocenters. The van der Waals surface area contributed by atoms with Crippen LogP contribution < -0.4 is 5.32 Å². The summed E-state index contributed by atoms with van der Waals surface area (Å²) in [5.41, 5.74) is 3.01. The minimum Gasteiger partial charge on any atom is -0.379 e. The molecule has 1 saturated heterocycles. The normalized spacial score (nSPS) is 19.4. The molecule has 2 aromatic carbocycles. The first-order valence-corrected chi connectivity index (χ1v) is 22.5. The number of hydrogen-bond donors (Lipinski definition) is 1. The Morgan fingerprint density at radius 2 is 1.51 bits per heavy atom. The summed E-state index contributed by atoms with van der Waals surface area (Å²) in [6.45, 7) is 15.0. The minimum atomic E-state index is -0.658. The van der Waals surface area contributed by atoms with Crippen molar-refractivity contribution < 1.29 is 38.3 Å². The smallest absolute Gasteiger partial charge is 0.250 e. The number of likely N-dealkylation sites (N-methyl/N-ethyl adjacent to an activating group) is 2. The molecule has 2 heterocycles. The van der Waals surface area contributed by atoms with Crippen molar-refractivity contribution in [2.75, 3.05) is 34.9 Å². The van der Waals surface area contributed by atoms with E-state index in [0.717, 1.165) is 29.5 Å². The highest BCUT2D eigenvalue weighted by atomic mass is 16.7. The van der Waals surface area contributed by atoms with Gasteiger partial charge in [0.15, 0.2) is 5.78 Å². The van der Waals surface area contributed by atoms with E-state index < -0.39 is 36.0 Å². The lowest BCUT2D eigenvalue weighted by Gasteiger charge is -2.41. The average molecular weight is 847 g/mol. The van der Waals surface area contributed by atoms with Crippen LogP contribution >= 0.6 is 0 Å². The van der Waals surface area contributed by atoms with Gasteiger partial charge < -0.3 is 24.6 Å². The van der Waals surface area contributed by atoms with Gasteiger partial charge in [0.1, 0.15) is 12.4 Å². The SMILES string of the molecule is CC[C@H](C)[C@@H]([C@@H](CC(=O)N1CCC[C@H]1[C@H](OC)[C@@H](C)C(=O)C[C@@H](Cc1ccccc1)C(=O)N1Cc2ccccc2CO1)OC)N(C)C(=O)[C@@H](CC(=O)[C@@H](NC)C(C)C)C(C)C. The number of carbonyl (C=O) groups is 5. The van der Waals surface area contributed by atoms with Crippen molar-refractivity contribution in [3.05, 3.63) is 71.3 Å². The molecule has 3 amide bonds. The van der Waals surface area contributed by atoms with Crippen molar-refractivity contribution in [3.63, 3.8) is 0 Å². The molecule has 2 aromatic rings. The Balaban J connectivity index is 1.50. The van der Waals surface area contributed by atoms with Crippen molar-refractivity contribution >= 4 is 29.3 Å². The molecule has 1 fully saturated rings. The van der Waals surface area contributed by atoms with Crippen molar-refractivity contribution in [1.82, 2.24) is 20.2 Å². The molecule has 338 valence electrons. The van der Waals surface area contributed by atoms with Gasteiger partial charge in [-0.2, -0.15) is 0 Å². The van der Waals surface area contributed by atoms with Crippen LogP contribution in [0, 0.1) is 35.5 Å². The number of likely N-dealkylation sites (tertiary alicyclic amines) is 1. The molecule has 0 aromatic heterocycles. The van der Waals surface area contributed by atoms with Crippen molar-refractivity contribution in [1.29, 1.82) is 0 Å². The monoisotopic (exact) mass is 847 g/mol. The van der Waals surface area contributed by atoms with Gasteiger partial charge in [-0.25, -0.2) is 5.06 Å². The maximum Gasteiger partial charge on any atom is 0.250 e. The van der Waals surface area contributed by atoms with Crippen LogP contribution in [0.1, 0.15) is 104 Å². The molecule has 2 aliphatic rings. The summed E-state index contributed by atoms with van der Waals surface area (Å²) in [5, 5.41) is 4.52. The van der Waals surface area contributed by atoms with Crippen LogP contribution in [0.15, 0.2) is 54.6 Å². The van der Waals surface area contributed by atoms with Crippen LogP contribution in [0.25, 0.3) is 0 Å². The predicted molar refractivity (Wildman–Crippen MR) is 237 cm³/mol. The van der Waals surface area contributed by atoms with E-state index in [2.05, 4.69) is 19.2 Å². The number of amides is 3. The quantitative estimate of drug-likeness (QED) is 0.130. The highest BCUT2D eigenvalue weighted by Crippen LogP contribution is 2.32. The molecule has 12 nitrogen and oxygen atoms in total. The van der Waals surface area contributed by atoms with Crippen LogP contribution in [-0.2, 0) is 57.9 Å². The fourth-order valence-electron chi connectivity index (χ4n) is 9.54. The number of benzene rings is 2. The number of Topliss-reactive ketones (excluding diaryl/α,β-unsaturated/α-hetero) is 2. The molecule has 0 radical (unpaired) electrons. The Labute approximate surface area is 365 Å². The summed E-state index contributed by atoms with van der Waals surface area (Å²) >= 11 is 0. The summed E-state index contributed by atoms with van der Waals surface area (Å²) in [6, 6.07) is 16.5. The zero-order valence-electron chi connectivity index (χ0n) is 38.7. The van der Waals surface area contributed by atoms with Gasteiger partial charge >= 0.3 is 0 Å². The van der Waals surface area contributed by atoms with Gasteiger partial charge in [-0.15, -0.1) is 0 Å². The second-order valence-electron chi connectivity index (χ2n) is 18.1. The van der Waals surface area contributed by atoms with E-state index in [1.54, 1.807) is 33.2 Å². The van der Waals surface area contributed by atoms with Crippen molar-refractivity contribution in [2.45, 2.75) is 137 Å². The van der Waals surface area contributed by atoms with Crippen molar-refractivity contribution in [2.24, 2.45) is 35.5 Å². The number of methoxy groups -OCH3 is 2. The molecule has 1 N–H and O–H groups in total. The largest absolute Gasteiger partial charge is 0.379 e. The number of ketones is 2. The molecular weight excluding hydrogens is 773 g/mol. The summed E-state index contributed by atoms with van der Waals surface area (Å²) in [7, 11) is 6.70. The number of fused-ring (bicyclic) bond motifs is 1. The summed E-state index contributed by atoms with van der Waals surface area (Å²) in [4.78, 5) is 80.1. The van der Waals surface area contributed by atoms with E-state index in [0.29, 0.717) is 25.9 Å². The lowest BCUT2D eigenvalue weighted by atomic mass is 9.84. The van der Waals surface area contributed by atoms with E-state index >= 15 is 0 Å². The molecule has 12 heteroatoms. The Kier molecular flexibility index (Phi) is 19.1. The topological polar surface area (TPSA) is 135 Å². The van der Waals surface area contributed by atoms with E-state index in [9.17, 15) is 24.0 Å². The van der Waals surface area contributed by atoms with Gasteiger partial charge in [-0.1, -0.05) is 109 Å². The Hall–Kier alpha value is -3.97. The number of carbonyl (C=O) groups excluding carboxylic acids is 5. The van der Waals surface area contributed by atoms with Gasteiger partial charge in [-0.3, -0.25) is 28.8 Å². The van der Waals surface area contributed by atoms with E-state index in [1.165, 1.54) is 5.06 Å². The van der Waals surface area contributed by atoms with Gasteiger partial charge in [0.05, 0.1) is 49.2 Å². The van der Waals surface area contributed by atoms with Crippen molar-refractivity contribution in [3.8, 4) is 0 Å². The lowest BCUT2D eigenvalue weighted by molar-refractivity contribution is -0.205. The molecule has 61 heavy (non-hydrogen) atoms. The average Bonchev–Trinajstić information content (AvgIpc) is 3.74. The first-order valence-electron chi connectivity index (χ1n) is 22.5. The Bertz CT molecular complexity index is 1750. The minimum absolute atomic E-state index is 0.00429. The number of nitrogens with one attached hydrogen (secondary N) is 1. The summed E-state index contributed by atoms with van der Waals surface area (Å²) < 4.78 is 12.2. The molecular formula is C49H74N4O8. The molecule has 0 unspecified atom stereocenters. The zero-order valence-corrected chi connectivity index (χ0v) is 38.7. The number of ether oxygens (including phenoxy) is 2. The fourth-order valence-corrected chi connectivity index (χ4v) is 9.54. The number of rotatable bonds is 23. The number of nitrogens with zero attached hydrogens (tertiary/aromatic N) is 3. The maximum absolute atomic E-state index is 14.4. The zero-order chi connectivity index (χ0) is 45.0. The maximum atomic E-state index is 14.4.